The zero-order valence-electron chi connectivity index (χ0n) is 16.7. The number of nitrogens with zero attached hydrogens (tertiary/aromatic N) is 3. The Labute approximate surface area is 174 Å². The summed E-state index contributed by atoms with van der Waals surface area (Å²) < 4.78 is 1.85. The minimum atomic E-state index is -0.292. The number of hydrogen-bond donors (Lipinski definition) is 1. The van der Waals surface area contributed by atoms with Crippen LogP contribution in [-0.4, -0.2) is 32.2 Å². The van der Waals surface area contributed by atoms with Crippen LogP contribution in [-0.2, 0) is 7.05 Å². The first-order valence-electron chi connectivity index (χ1n) is 9.43. The van der Waals surface area contributed by atoms with Gasteiger partial charge in [0.2, 0.25) is 0 Å². The Morgan fingerprint density at radius 3 is 2.14 bits per heavy atom. The van der Waals surface area contributed by atoms with Crippen LogP contribution in [0.3, 0.4) is 0 Å². The molecule has 0 aliphatic heterocycles. The Bertz CT molecular complexity index is 971. The standard InChI is InChI=1S/C22H24N4O2S/c1-15(2)19(23-21(28)17-12-8-5-9-13-17)20-24-25-22(26(20)3)29-14-18(27)16-10-6-4-7-11-16/h4-13,15,19H,14H2,1-3H3,(H,23,28). The van der Waals surface area contributed by atoms with E-state index in [2.05, 4.69) is 15.5 Å². The lowest BCUT2D eigenvalue weighted by Crippen LogP contribution is -2.33. The summed E-state index contributed by atoms with van der Waals surface area (Å²) in [5.74, 6) is 0.950. The van der Waals surface area contributed by atoms with Crippen molar-refractivity contribution in [1.82, 2.24) is 20.1 Å². The molecule has 1 amide bonds. The highest BCUT2D eigenvalue weighted by Gasteiger charge is 2.25. The number of aromatic nitrogens is 3. The summed E-state index contributed by atoms with van der Waals surface area (Å²) in [5, 5.41) is 12.2. The van der Waals surface area contributed by atoms with Crippen LogP contribution in [0.25, 0.3) is 0 Å². The Morgan fingerprint density at radius 1 is 0.966 bits per heavy atom. The fourth-order valence-electron chi connectivity index (χ4n) is 2.90. The smallest absolute Gasteiger partial charge is 0.251 e. The molecule has 0 aliphatic rings. The van der Waals surface area contributed by atoms with Crippen LogP contribution in [0.2, 0.25) is 0 Å². The Balaban J connectivity index is 1.71. The number of carbonyl (C=O) groups is 2. The molecule has 7 heteroatoms. The molecule has 29 heavy (non-hydrogen) atoms. The van der Waals surface area contributed by atoms with Crippen molar-refractivity contribution in [3.05, 3.63) is 77.6 Å². The fourth-order valence-corrected chi connectivity index (χ4v) is 3.72. The van der Waals surface area contributed by atoms with Gasteiger partial charge in [0.05, 0.1) is 11.8 Å². The van der Waals surface area contributed by atoms with Gasteiger partial charge in [-0.25, -0.2) is 0 Å². The van der Waals surface area contributed by atoms with Crippen LogP contribution < -0.4 is 5.32 Å². The summed E-state index contributed by atoms with van der Waals surface area (Å²) >= 11 is 1.34. The third-order valence-corrected chi connectivity index (χ3v) is 5.58. The molecule has 0 saturated heterocycles. The van der Waals surface area contributed by atoms with Crippen molar-refractivity contribution in [3.8, 4) is 0 Å². The largest absolute Gasteiger partial charge is 0.342 e. The first-order valence-corrected chi connectivity index (χ1v) is 10.4. The quantitative estimate of drug-likeness (QED) is 0.452. The average molecular weight is 409 g/mol. The molecule has 2 aromatic carbocycles. The number of Topliss-reactive ketones (excluding diaryl/α,β-unsaturated/α-hetero) is 1. The van der Waals surface area contributed by atoms with E-state index in [0.29, 0.717) is 22.1 Å². The first kappa shape index (κ1) is 20.8. The molecule has 1 N–H and O–H groups in total. The molecule has 0 bridgehead atoms. The Hall–Kier alpha value is -2.93. The van der Waals surface area contributed by atoms with Crippen LogP contribution in [0, 0.1) is 5.92 Å². The lowest BCUT2D eigenvalue weighted by Gasteiger charge is -2.21. The van der Waals surface area contributed by atoms with Crippen molar-refractivity contribution in [1.29, 1.82) is 0 Å². The molecule has 0 aliphatic carbocycles. The third-order valence-electron chi connectivity index (χ3n) is 4.56. The van der Waals surface area contributed by atoms with Gasteiger partial charge in [-0.2, -0.15) is 0 Å². The van der Waals surface area contributed by atoms with Crippen molar-refractivity contribution >= 4 is 23.5 Å². The topological polar surface area (TPSA) is 76.9 Å². The van der Waals surface area contributed by atoms with E-state index in [9.17, 15) is 9.59 Å². The van der Waals surface area contributed by atoms with Crippen molar-refractivity contribution in [2.75, 3.05) is 5.75 Å². The second-order valence-corrected chi connectivity index (χ2v) is 7.98. The molecular formula is C22H24N4O2S. The summed E-state index contributed by atoms with van der Waals surface area (Å²) in [6, 6.07) is 18.0. The summed E-state index contributed by atoms with van der Waals surface area (Å²) in [7, 11) is 1.86. The van der Waals surface area contributed by atoms with E-state index in [0.717, 1.165) is 0 Å². The van der Waals surface area contributed by atoms with Gasteiger partial charge in [-0.1, -0.05) is 74.1 Å². The van der Waals surface area contributed by atoms with Gasteiger partial charge in [-0.15, -0.1) is 10.2 Å². The van der Waals surface area contributed by atoms with Gasteiger partial charge in [0.1, 0.15) is 0 Å². The molecule has 1 heterocycles. The van der Waals surface area contributed by atoms with Crippen LogP contribution in [0.4, 0.5) is 0 Å². The van der Waals surface area contributed by atoms with E-state index in [4.69, 9.17) is 0 Å². The van der Waals surface area contributed by atoms with E-state index in [-0.39, 0.29) is 29.4 Å². The third kappa shape index (κ3) is 5.12. The summed E-state index contributed by atoms with van der Waals surface area (Å²) in [6.07, 6.45) is 0. The van der Waals surface area contributed by atoms with Gasteiger partial charge in [0, 0.05) is 18.2 Å². The molecule has 1 aromatic heterocycles. The second kappa shape index (κ2) is 9.52. The minimum absolute atomic E-state index is 0.0398. The number of hydrogen-bond acceptors (Lipinski definition) is 5. The van der Waals surface area contributed by atoms with Crippen molar-refractivity contribution in [2.24, 2.45) is 13.0 Å². The highest BCUT2D eigenvalue weighted by molar-refractivity contribution is 7.99. The predicted molar refractivity (Wildman–Crippen MR) is 114 cm³/mol. The van der Waals surface area contributed by atoms with Crippen molar-refractivity contribution in [2.45, 2.75) is 25.0 Å². The van der Waals surface area contributed by atoms with Crippen LogP contribution in [0.1, 0.15) is 46.4 Å². The average Bonchev–Trinajstić information content (AvgIpc) is 3.11. The summed E-state index contributed by atoms with van der Waals surface area (Å²) in [5.41, 5.74) is 1.28. The number of ketones is 1. The maximum absolute atomic E-state index is 12.6. The highest BCUT2D eigenvalue weighted by Crippen LogP contribution is 2.25. The summed E-state index contributed by atoms with van der Waals surface area (Å²) in [6.45, 7) is 4.05. The maximum Gasteiger partial charge on any atom is 0.251 e. The Morgan fingerprint density at radius 2 is 1.55 bits per heavy atom. The van der Waals surface area contributed by atoms with Gasteiger partial charge in [0.15, 0.2) is 16.8 Å². The van der Waals surface area contributed by atoms with E-state index in [1.165, 1.54) is 11.8 Å². The molecule has 3 rings (SSSR count). The molecule has 0 fully saturated rings. The number of amides is 1. The number of rotatable bonds is 8. The van der Waals surface area contributed by atoms with E-state index < -0.39 is 0 Å². The normalized spacial score (nSPS) is 12.0. The molecule has 0 saturated carbocycles. The number of carbonyl (C=O) groups excluding carboxylic acids is 2. The van der Waals surface area contributed by atoms with Crippen molar-refractivity contribution in [3.63, 3.8) is 0 Å². The molecule has 6 nitrogen and oxygen atoms in total. The van der Waals surface area contributed by atoms with Crippen LogP contribution in [0.15, 0.2) is 65.8 Å². The monoisotopic (exact) mass is 408 g/mol. The van der Waals surface area contributed by atoms with E-state index in [1.54, 1.807) is 24.3 Å². The van der Waals surface area contributed by atoms with Gasteiger partial charge >= 0.3 is 0 Å². The summed E-state index contributed by atoms with van der Waals surface area (Å²) in [4.78, 5) is 24.9. The lowest BCUT2D eigenvalue weighted by molar-refractivity contribution is 0.0921. The molecule has 1 atom stereocenters. The molecular weight excluding hydrogens is 384 g/mol. The zero-order valence-corrected chi connectivity index (χ0v) is 17.5. The van der Waals surface area contributed by atoms with E-state index in [1.807, 2.05) is 61.9 Å². The highest BCUT2D eigenvalue weighted by atomic mass is 32.2. The van der Waals surface area contributed by atoms with Gasteiger partial charge in [0.25, 0.3) is 5.91 Å². The van der Waals surface area contributed by atoms with Gasteiger partial charge in [-0.3, -0.25) is 9.59 Å². The molecule has 150 valence electrons. The SMILES string of the molecule is CC(C)C(NC(=O)c1ccccc1)c1nnc(SCC(=O)c2ccccc2)n1C. The van der Waals surface area contributed by atoms with E-state index >= 15 is 0 Å². The second-order valence-electron chi connectivity index (χ2n) is 7.04. The first-order chi connectivity index (χ1) is 14.0. The Kier molecular flexibility index (Phi) is 6.82. The predicted octanol–water partition coefficient (Wildman–Crippen LogP) is 3.92. The van der Waals surface area contributed by atoms with Gasteiger partial charge < -0.3 is 9.88 Å². The molecule has 0 spiro atoms. The van der Waals surface area contributed by atoms with Crippen molar-refractivity contribution < 1.29 is 9.59 Å². The number of thioether (sulfide) groups is 1. The fraction of sp³-hybridized carbons (Fsp3) is 0.273. The van der Waals surface area contributed by atoms with Gasteiger partial charge in [-0.05, 0) is 18.1 Å². The number of nitrogens with one attached hydrogen (secondary N) is 1. The number of benzene rings is 2. The molecule has 3 aromatic rings. The lowest BCUT2D eigenvalue weighted by atomic mass is 10.0. The molecule has 1 unspecified atom stereocenters. The van der Waals surface area contributed by atoms with Crippen LogP contribution in [0.5, 0.6) is 0 Å². The maximum atomic E-state index is 12.6. The molecule has 0 radical (unpaired) electrons. The van der Waals surface area contributed by atoms with Crippen LogP contribution >= 0.6 is 11.8 Å². The zero-order chi connectivity index (χ0) is 20.8. The minimum Gasteiger partial charge on any atom is -0.342 e.